The second-order valence-corrected chi connectivity index (χ2v) is 8.27. The first-order valence-corrected chi connectivity index (χ1v) is 11.4. The van der Waals surface area contributed by atoms with Crippen LogP contribution in [-0.2, 0) is 20.9 Å². The topological polar surface area (TPSA) is 204 Å². The van der Waals surface area contributed by atoms with Crippen molar-refractivity contribution in [3.63, 3.8) is 0 Å². The number of hydrogen-bond donors (Lipinski definition) is 5. The number of hydrogen-bond acceptors (Lipinski definition) is 9. The van der Waals surface area contributed by atoms with Gasteiger partial charge in [-0.1, -0.05) is 17.3 Å². The zero-order chi connectivity index (χ0) is 27.4. The van der Waals surface area contributed by atoms with E-state index in [4.69, 9.17) is 19.8 Å². The number of likely N-dealkylation sites (tertiary alicyclic amines) is 1. The van der Waals surface area contributed by atoms with E-state index in [1.165, 1.54) is 6.20 Å². The molecule has 0 spiro atoms. The van der Waals surface area contributed by atoms with Crippen molar-refractivity contribution in [1.29, 1.82) is 0 Å². The summed E-state index contributed by atoms with van der Waals surface area (Å²) in [6, 6.07) is 8.08. The Kier molecular flexibility index (Phi) is 11.2. The Hall–Kier alpha value is -4.33. The van der Waals surface area contributed by atoms with E-state index in [-0.39, 0.29) is 29.6 Å². The second-order valence-electron chi connectivity index (χ2n) is 8.27. The van der Waals surface area contributed by atoms with Gasteiger partial charge < -0.3 is 25.8 Å². The Labute approximate surface area is 212 Å². The number of nitrogens with one attached hydrogen (secondary N) is 3. The molecule has 2 aromatic heterocycles. The molecule has 1 aliphatic heterocycles. The number of aromatic nitrogens is 4. The number of carbonyl (C=O) groups excluding carboxylic acids is 2. The second kappa shape index (κ2) is 14.3. The number of amides is 2. The predicted molar refractivity (Wildman–Crippen MR) is 130 cm³/mol. The maximum Gasteiger partial charge on any atom is 0.300 e. The molecule has 3 aromatic rings. The number of aliphatic carboxylic acids is 2. The third kappa shape index (κ3) is 10.0. The minimum atomic E-state index is -0.833. The molecular weight excluding hydrogens is 486 g/mol. The van der Waals surface area contributed by atoms with Crippen LogP contribution in [-0.4, -0.2) is 84.8 Å². The molecule has 2 atom stereocenters. The van der Waals surface area contributed by atoms with Crippen molar-refractivity contribution in [3.8, 4) is 0 Å². The molecule has 2 amide bonds. The average molecular weight is 518 g/mol. The van der Waals surface area contributed by atoms with Crippen molar-refractivity contribution in [3.05, 3.63) is 42.0 Å². The number of nitrogens with zero attached hydrogens (tertiary/aromatic N) is 4. The van der Waals surface area contributed by atoms with E-state index in [1.807, 2.05) is 31.3 Å². The first-order valence-electron chi connectivity index (χ1n) is 11.4. The summed E-state index contributed by atoms with van der Waals surface area (Å²) >= 11 is 0. The summed E-state index contributed by atoms with van der Waals surface area (Å²) in [5, 5.41) is 27.6. The average Bonchev–Trinajstić information content (AvgIpc) is 3.56. The molecule has 0 bridgehead atoms. The van der Waals surface area contributed by atoms with Crippen LogP contribution in [0.4, 0.5) is 0 Å². The fraction of sp³-hybridized carbons (Fsp3) is 0.435. The minimum absolute atomic E-state index is 0.0133. The van der Waals surface area contributed by atoms with Gasteiger partial charge >= 0.3 is 0 Å². The standard InChI is InChI=1S/C19H23N7O3.2C2H4O2/c1-26-12(6-7-13(26)9-21-19(28)16-10-22-29-25-16)8-18(27)20-11-17-23-14-4-2-3-5-15(14)24-17;2*1-2(3)4/h2-5,10,12-13H,6-9,11H2,1H3,(H,20,27)(H,21,28)(H,23,24);2*1H3,(H,3,4)/t12-,13+;;/m1../s1. The van der Waals surface area contributed by atoms with Crippen LogP contribution < -0.4 is 10.6 Å². The molecule has 1 saturated heterocycles. The molecule has 3 heterocycles. The number of benzene rings is 1. The molecule has 0 saturated carbocycles. The summed E-state index contributed by atoms with van der Waals surface area (Å²) in [5.41, 5.74) is 2.00. The highest BCUT2D eigenvalue weighted by molar-refractivity contribution is 5.91. The predicted octanol–water partition coefficient (Wildman–Crippen LogP) is 1.03. The Morgan fingerprint density at radius 3 is 2.35 bits per heavy atom. The molecule has 1 aliphatic rings. The minimum Gasteiger partial charge on any atom is -0.481 e. The largest absolute Gasteiger partial charge is 0.481 e. The van der Waals surface area contributed by atoms with Crippen LogP contribution in [0.5, 0.6) is 0 Å². The Balaban J connectivity index is 0.000000530. The van der Waals surface area contributed by atoms with Gasteiger partial charge in [-0.2, -0.15) is 0 Å². The molecule has 1 aromatic carbocycles. The van der Waals surface area contributed by atoms with E-state index in [0.29, 0.717) is 19.5 Å². The quantitative estimate of drug-likeness (QED) is 0.299. The summed E-state index contributed by atoms with van der Waals surface area (Å²) < 4.78 is 4.44. The molecule has 1 fully saturated rings. The van der Waals surface area contributed by atoms with Gasteiger partial charge in [0.25, 0.3) is 17.8 Å². The number of carboxylic acids is 2. The fourth-order valence-corrected chi connectivity index (χ4v) is 3.71. The highest BCUT2D eigenvalue weighted by Crippen LogP contribution is 2.24. The zero-order valence-corrected chi connectivity index (χ0v) is 20.8. The van der Waals surface area contributed by atoms with Gasteiger partial charge in [0.05, 0.1) is 17.6 Å². The molecule has 0 unspecified atom stereocenters. The third-order valence-electron chi connectivity index (χ3n) is 5.39. The monoisotopic (exact) mass is 517 g/mol. The van der Waals surface area contributed by atoms with Crippen LogP contribution in [0.25, 0.3) is 11.0 Å². The van der Waals surface area contributed by atoms with Crippen LogP contribution in [0.15, 0.2) is 35.1 Å². The SMILES string of the molecule is CC(=O)O.CC(=O)O.CN1[C@@H](CC(=O)NCc2nc3ccccc3[nH]2)CC[C@H]1CNC(=O)c1cnon1. The first kappa shape index (κ1) is 28.9. The lowest BCUT2D eigenvalue weighted by molar-refractivity contribution is -0.135. The van der Waals surface area contributed by atoms with Gasteiger partial charge in [0.1, 0.15) is 12.0 Å². The molecule has 4 rings (SSSR count). The number of aromatic amines is 1. The van der Waals surface area contributed by atoms with Crippen molar-refractivity contribution in [2.75, 3.05) is 13.6 Å². The van der Waals surface area contributed by atoms with Crippen LogP contribution >= 0.6 is 0 Å². The Morgan fingerprint density at radius 2 is 1.73 bits per heavy atom. The van der Waals surface area contributed by atoms with E-state index in [9.17, 15) is 9.59 Å². The number of H-pyrrole nitrogens is 1. The first-order chi connectivity index (χ1) is 17.6. The van der Waals surface area contributed by atoms with Crippen LogP contribution in [0.3, 0.4) is 0 Å². The molecule has 5 N–H and O–H groups in total. The zero-order valence-electron chi connectivity index (χ0n) is 20.8. The number of para-hydroxylation sites is 2. The molecule has 14 nitrogen and oxygen atoms in total. The van der Waals surface area contributed by atoms with E-state index in [2.05, 4.69) is 40.4 Å². The summed E-state index contributed by atoms with van der Waals surface area (Å²) in [4.78, 5) is 52.2. The molecule has 0 radical (unpaired) electrons. The number of fused-ring (bicyclic) bond motifs is 1. The van der Waals surface area contributed by atoms with Crippen LogP contribution in [0.2, 0.25) is 0 Å². The van der Waals surface area contributed by atoms with Crippen LogP contribution in [0, 0.1) is 0 Å². The van der Waals surface area contributed by atoms with Gasteiger partial charge in [-0.3, -0.25) is 24.1 Å². The van der Waals surface area contributed by atoms with Gasteiger partial charge in [-0.05, 0) is 37.2 Å². The van der Waals surface area contributed by atoms with Crippen molar-refractivity contribution in [2.24, 2.45) is 0 Å². The summed E-state index contributed by atoms with van der Waals surface area (Å²) in [5.74, 6) is -1.25. The Morgan fingerprint density at radius 1 is 1.08 bits per heavy atom. The number of likely N-dealkylation sites (N-methyl/N-ethyl adjacent to an activating group) is 1. The van der Waals surface area contributed by atoms with Crippen LogP contribution in [0.1, 0.15) is 49.4 Å². The molecular formula is C23H31N7O7. The number of rotatable bonds is 7. The van der Waals surface area contributed by atoms with Gasteiger partial charge in [0.15, 0.2) is 5.69 Å². The van der Waals surface area contributed by atoms with E-state index in [0.717, 1.165) is 43.5 Å². The van der Waals surface area contributed by atoms with Gasteiger partial charge in [0.2, 0.25) is 5.91 Å². The molecule has 0 aliphatic carbocycles. The lowest BCUT2D eigenvalue weighted by Crippen LogP contribution is -2.42. The number of imidazole rings is 1. The van der Waals surface area contributed by atoms with Gasteiger partial charge in [-0.15, -0.1) is 0 Å². The van der Waals surface area contributed by atoms with E-state index >= 15 is 0 Å². The summed E-state index contributed by atoms with van der Waals surface area (Å²) in [7, 11) is 1.98. The smallest absolute Gasteiger partial charge is 0.300 e. The summed E-state index contributed by atoms with van der Waals surface area (Å²) in [6.07, 6.45) is 3.51. The number of carboxylic acid groups (broad SMARTS) is 2. The molecule has 37 heavy (non-hydrogen) atoms. The van der Waals surface area contributed by atoms with Crippen molar-refractivity contribution < 1.29 is 34.0 Å². The molecule has 14 heteroatoms. The Bertz CT molecular complexity index is 1130. The highest BCUT2D eigenvalue weighted by Gasteiger charge is 2.32. The van der Waals surface area contributed by atoms with Crippen molar-refractivity contribution in [2.45, 2.75) is 51.7 Å². The van der Waals surface area contributed by atoms with E-state index < -0.39 is 11.9 Å². The fourth-order valence-electron chi connectivity index (χ4n) is 3.71. The van der Waals surface area contributed by atoms with Gasteiger partial charge in [0, 0.05) is 38.9 Å². The van der Waals surface area contributed by atoms with Gasteiger partial charge in [-0.25, -0.2) is 9.61 Å². The lowest BCUT2D eigenvalue weighted by atomic mass is 10.1. The molecule has 200 valence electrons. The lowest BCUT2D eigenvalue weighted by Gasteiger charge is -2.25. The van der Waals surface area contributed by atoms with Crippen molar-refractivity contribution in [1.82, 2.24) is 35.8 Å². The highest BCUT2D eigenvalue weighted by atomic mass is 16.6. The maximum atomic E-state index is 12.4. The van der Waals surface area contributed by atoms with Crippen molar-refractivity contribution >= 4 is 34.8 Å². The normalized spacial score (nSPS) is 16.6. The summed E-state index contributed by atoms with van der Waals surface area (Å²) in [6.45, 7) is 3.02. The maximum absolute atomic E-state index is 12.4. The van der Waals surface area contributed by atoms with E-state index in [1.54, 1.807) is 0 Å². The third-order valence-corrected chi connectivity index (χ3v) is 5.39. The number of carbonyl (C=O) groups is 4.